The van der Waals surface area contributed by atoms with E-state index in [1.807, 2.05) is 13.8 Å². The van der Waals surface area contributed by atoms with Gasteiger partial charge in [0.05, 0.1) is 12.5 Å². The van der Waals surface area contributed by atoms with Crippen LogP contribution >= 0.6 is 0 Å². The van der Waals surface area contributed by atoms with Gasteiger partial charge >= 0.3 is 6.16 Å². The highest BCUT2D eigenvalue weighted by atomic mass is 16.7. The summed E-state index contributed by atoms with van der Waals surface area (Å²) in [6.45, 7) is 7.02. The van der Waals surface area contributed by atoms with E-state index in [1.165, 1.54) is 12.1 Å². The Morgan fingerprint density at radius 2 is 1.80 bits per heavy atom. The summed E-state index contributed by atoms with van der Waals surface area (Å²) >= 11 is 0. The predicted octanol–water partition coefficient (Wildman–Crippen LogP) is 1.71. The van der Waals surface area contributed by atoms with Gasteiger partial charge in [0.15, 0.2) is 0 Å². The number of carbonyl (C=O) groups is 4. The van der Waals surface area contributed by atoms with Crippen molar-refractivity contribution in [3.63, 3.8) is 0 Å². The molecule has 1 aromatic rings. The largest absolute Gasteiger partial charge is 0.513 e. The highest BCUT2D eigenvalue weighted by Crippen LogP contribution is 2.20. The Morgan fingerprint density at radius 3 is 2.40 bits per heavy atom. The molecule has 0 spiro atoms. The Bertz CT molecular complexity index is 763. The van der Waals surface area contributed by atoms with Gasteiger partial charge in [0.1, 0.15) is 5.75 Å². The molecule has 0 aliphatic carbocycles. The van der Waals surface area contributed by atoms with Crippen LogP contribution < -0.4 is 15.4 Å². The topological polar surface area (TPSA) is 114 Å². The minimum absolute atomic E-state index is 0.0103. The van der Waals surface area contributed by atoms with Crippen molar-refractivity contribution in [3.05, 3.63) is 29.8 Å². The minimum atomic E-state index is -0.796. The fraction of sp³-hybridized carbons (Fsp3) is 0.524. The molecule has 1 heterocycles. The fourth-order valence-corrected chi connectivity index (χ4v) is 3.07. The Kier molecular flexibility index (Phi) is 8.64. The number of benzene rings is 1. The molecule has 0 bridgehead atoms. The number of rotatable bonds is 9. The van der Waals surface area contributed by atoms with Gasteiger partial charge in [-0.1, -0.05) is 0 Å². The van der Waals surface area contributed by atoms with Gasteiger partial charge in [0, 0.05) is 37.7 Å². The second-order valence-corrected chi connectivity index (χ2v) is 7.25. The maximum absolute atomic E-state index is 12.2. The first-order valence-corrected chi connectivity index (χ1v) is 10.1. The van der Waals surface area contributed by atoms with Crippen molar-refractivity contribution >= 4 is 23.9 Å². The van der Waals surface area contributed by atoms with Crippen LogP contribution in [-0.4, -0.2) is 61.1 Å². The normalized spacial score (nSPS) is 15.8. The van der Waals surface area contributed by atoms with E-state index in [0.717, 1.165) is 0 Å². The van der Waals surface area contributed by atoms with Gasteiger partial charge in [-0.2, -0.15) is 0 Å². The van der Waals surface area contributed by atoms with Crippen molar-refractivity contribution in [2.45, 2.75) is 39.7 Å². The van der Waals surface area contributed by atoms with Gasteiger partial charge < -0.3 is 25.0 Å². The summed E-state index contributed by atoms with van der Waals surface area (Å²) < 4.78 is 9.62. The summed E-state index contributed by atoms with van der Waals surface area (Å²) in [5.74, 6) is -0.414. The van der Waals surface area contributed by atoms with Gasteiger partial charge in [0.2, 0.25) is 11.8 Å². The van der Waals surface area contributed by atoms with E-state index in [-0.39, 0.29) is 48.5 Å². The second kappa shape index (κ2) is 11.2. The van der Waals surface area contributed by atoms with Crippen LogP contribution in [0, 0.1) is 5.92 Å². The zero-order chi connectivity index (χ0) is 22.1. The second-order valence-electron chi connectivity index (χ2n) is 7.25. The molecule has 0 aromatic heterocycles. The monoisotopic (exact) mass is 419 g/mol. The molecular formula is C21H29N3O6. The number of ether oxygens (including phenoxy) is 2. The Hall–Kier alpha value is -3.10. The van der Waals surface area contributed by atoms with Gasteiger partial charge in [-0.15, -0.1) is 0 Å². The molecule has 0 radical (unpaired) electrons. The first-order valence-electron chi connectivity index (χ1n) is 10.1. The average Bonchev–Trinajstić information content (AvgIpc) is 3.10. The number of carbonyl (C=O) groups excluding carboxylic acids is 4. The van der Waals surface area contributed by atoms with E-state index in [1.54, 1.807) is 24.0 Å². The summed E-state index contributed by atoms with van der Waals surface area (Å²) in [6, 6.07) is 6.20. The summed E-state index contributed by atoms with van der Waals surface area (Å²) in [5, 5.41) is 5.59. The summed E-state index contributed by atoms with van der Waals surface area (Å²) in [4.78, 5) is 49.2. The van der Waals surface area contributed by atoms with Crippen molar-refractivity contribution in [1.29, 1.82) is 0 Å². The first-order chi connectivity index (χ1) is 14.3. The molecule has 9 nitrogen and oxygen atoms in total. The molecule has 1 aliphatic heterocycles. The molecule has 1 fully saturated rings. The van der Waals surface area contributed by atoms with Crippen LogP contribution in [0.15, 0.2) is 24.3 Å². The average molecular weight is 419 g/mol. The number of nitrogens with zero attached hydrogens (tertiary/aromatic N) is 1. The first kappa shape index (κ1) is 23.2. The molecule has 1 aliphatic rings. The molecule has 2 rings (SSSR count). The standard InChI is InChI=1S/C21H29N3O6/c1-4-29-21(28)30-17-8-6-15(7-9-17)19(26)22-10-5-11-23-20(27)16-12-18(25)24(13-16)14(2)3/h6-9,14,16H,4-5,10-13H2,1-3H3,(H,22,26)(H,23,27). The SMILES string of the molecule is CCOC(=O)Oc1ccc(C(=O)NCCCNC(=O)C2CC(=O)N(C(C)C)C2)cc1. The Morgan fingerprint density at radius 1 is 1.13 bits per heavy atom. The highest BCUT2D eigenvalue weighted by molar-refractivity contribution is 5.94. The van der Waals surface area contributed by atoms with E-state index >= 15 is 0 Å². The molecule has 1 aromatic carbocycles. The van der Waals surface area contributed by atoms with Crippen LogP contribution in [0.1, 0.15) is 44.0 Å². The number of hydrogen-bond acceptors (Lipinski definition) is 6. The third kappa shape index (κ3) is 6.75. The maximum Gasteiger partial charge on any atom is 0.513 e. The maximum atomic E-state index is 12.2. The highest BCUT2D eigenvalue weighted by Gasteiger charge is 2.35. The van der Waals surface area contributed by atoms with Gasteiger partial charge in [0.25, 0.3) is 5.91 Å². The minimum Gasteiger partial charge on any atom is -0.434 e. The van der Waals surface area contributed by atoms with Crippen molar-refractivity contribution < 1.29 is 28.7 Å². The van der Waals surface area contributed by atoms with Crippen LogP contribution in [0.2, 0.25) is 0 Å². The van der Waals surface area contributed by atoms with Crippen molar-refractivity contribution in [2.24, 2.45) is 5.92 Å². The fourth-order valence-electron chi connectivity index (χ4n) is 3.07. The van der Waals surface area contributed by atoms with Gasteiger partial charge in [-0.25, -0.2) is 4.79 Å². The Balaban J connectivity index is 1.66. The van der Waals surface area contributed by atoms with E-state index in [0.29, 0.717) is 31.6 Å². The lowest BCUT2D eigenvalue weighted by Crippen LogP contribution is -2.36. The molecular weight excluding hydrogens is 390 g/mol. The number of likely N-dealkylation sites (tertiary alicyclic amines) is 1. The molecule has 2 N–H and O–H groups in total. The van der Waals surface area contributed by atoms with Crippen molar-refractivity contribution in [1.82, 2.24) is 15.5 Å². The van der Waals surface area contributed by atoms with Crippen molar-refractivity contribution in [3.8, 4) is 5.75 Å². The summed E-state index contributed by atoms with van der Waals surface area (Å²) in [7, 11) is 0. The summed E-state index contributed by atoms with van der Waals surface area (Å²) in [5.41, 5.74) is 0.425. The van der Waals surface area contributed by atoms with Crippen LogP contribution in [0.5, 0.6) is 5.75 Å². The molecule has 1 saturated heterocycles. The van der Waals surface area contributed by atoms with E-state index in [4.69, 9.17) is 4.74 Å². The molecule has 1 atom stereocenters. The van der Waals surface area contributed by atoms with Gasteiger partial charge in [-0.3, -0.25) is 14.4 Å². The van der Waals surface area contributed by atoms with Crippen LogP contribution in [0.25, 0.3) is 0 Å². The number of amides is 3. The molecule has 3 amide bonds. The van der Waals surface area contributed by atoms with Crippen LogP contribution in [0.4, 0.5) is 4.79 Å². The summed E-state index contributed by atoms with van der Waals surface area (Å²) in [6.07, 6.45) is 0.0165. The zero-order valence-electron chi connectivity index (χ0n) is 17.6. The van der Waals surface area contributed by atoms with Crippen molar-refractivity contribution in [2.75, 3.05) is 26.2 Å². The number of nitrogens with one attached hydrogen (secondary N) is 2. The van der Waals surface area contributed by atoms with E-state index in [2.05, 4.69) is 15.4 Å². The Labute approximate surface area is 176 Å². The predicted molar refractivity (Wildman–Crippen MR) is 109 cm³/mol. The van der Waals surface area contributed by atoms with E-state index < -0.39 is 6.16 Å². The lowest BCUT2D eigenvalue weighted by molar-refractivity contribution is -0.129. The van der Waals surface area contributed by atoms with E-state index in [9.17, 15) is 19.2 Å². The quantitative estimate of drug-likeness (QED) is 0.358. The lowest BCUT2D eigenvalue weighted by Gasteiger charge is -2.20. The number of hydrogen-bond donors (Lipinski definition) is 2. The third-order valence-corrected chi connectivity index (χ3v) is 4.67. The van der Waals surface area contributed by atoms with Crippen LogP contribution in [0.3, 0.4) is 0 Å². The molecule has 9 heteroatoms. The molecule has 30 heavy (non-hydrogen) atoms. The molecule has 0 saturated carbocycles. The zero-order valence-corrected chi connectivity index (χ0v) is 17.6. The van der Waals surface area contributed by atoms with Crippen LogP contribution in [-0.2, 0) is 14.3 Å². The smallest absolute Gasteiger partial charge is 0.434 e. The lowest BCUT2D eigenvalue weighted by atomic mass is 10.1. The molecule has 1 unspecified atom stereocenters. The third-order valence-electron chi connectivity index (χ3n) is 4.67. The van der Waals surface area contributed by atoms with Gasteiger partial charge in [-0.05, 0) is 51.5 Å². The molecule has 164 valence electrons.